The zero-order valence-electron chi connectivity index (χ0n) is 10.7. The van der Waals surface area contributed by atoms with Gasteiger partial charge in [0, 0.05) is 18.9 Å². The predicted octanol–water partition coefficient (Wildman–Crippen LogP) is 0.632. The van der Waals surface area contributed by atoms with E-state index >= 15 is 0 Å². The molecule has 0 bridgehead atoms. The first-order valence-corrected chi connectivity index (χ1v) is 5.70. The van der Waals surface area contributed by atoms with Crippen molar-refractivity contribution < 1.29 is 19.2 Å². The van der Waals surface area contributed by atoms with Gasteiger partial charge in [-0.25, -0.2) is 0 Å². The smallest absolute Gasteiger partial charge is 0.323 e. The zero-order valence-corrected chi connectivity index (χ0v) is 10.7. The van der Waals surface area contributed by atoms with Crippen molar-refractivity contribution in [1.82, 2.24) is 15.0 Å². The Morgan fingerprint density at radius 2 is 2.11 bits per heavy atom. The number of carbonyl (C=O) groups excluding carboxylic acids is 1. The van der Waals surface area contributed by atoms with Crippen LogP contribution in [0.15, 0.2) is 4.52 Å². The number of aliphatic carboxylic acids is 1. The van der Waals surface area contributed by atoms with Gasteiger partial charge in [-0.3, -0.25) is 9.59 Å². The summed E-state index contributed by atoms with van der Waals surface area (Å²) in [6, 6.07) is -0.155. The van der Waals surface area contributed by atoms with Gasteiger partial charge in [-0.05, 0) is 20.8 Å². The molecule has 0 saturated carbocycles. The number of amides is 1. The molecule has 1 heterocycles. The lowest BCUT2D eigenvalue weighted by Crippen LogP contribution is -2.40. The van der Waals surface area contributed by atoms with Gasteiger partial charge in [-0.2, -0.15) is 4.98 Å². The van der Waals surface area contributed by atoms with Crippen molar-refractivity contribution in [1.29, 1.82) is 0 Å². The minimum atomic E-state index is -1.02. The molecule has 7 heteroatoms. The molecule has 0 aromatic carbocycles. The first-order valence-electron chi connectivity index (χ1n) is 5.70. The van der Waals surface area contributed by atoms with Crippen LogP contribution in [0.3, 0.4) is 0 Å². The fraction of sp³-hybridized carbons (Fsp3) is 0.636. The molecule has 0 aliphatic rings. The van der Waals surface area contributed by atoms with Crippen molar-refractivity contribution >= 4 is 11.9 Å². The normalized spacial score (nSPS) is 10.7. The van der Waals surface area contributed by atoms with Gasteiger partial charge in [0.25, 0.3) is 0 Å². The SMILES string of the molecule is Cc1noc(CCC(=O)N(CC(=O)O)C(C)C)n1. The molecule has 100 valence electrons. The standard InChI is InChI=1S/C11H17N3O4/c1-7(2)14(6-11(16)17)10(15)5-4-9-12-8(3)13-18-9/h7H,4-6H2,1-3H3,(H,16,17). The molecule has 7 nitrogen and oxygen atoms in total. The number of carboxylic acid groups (broad SMARTS) is 1. The lowest BCUT2D eigenvalue weighted by molar-refractivity contribution is -0.145. The molecule has 0 fully saturated rings. The summed E-state index contributed by atoms with van der Waals surface area (Å²) < 4.78 is 4.89. The van der Waals surface area contributed by atoms with Gasteiger partial charge >= 0.3 is 5.97 Å². The second kappa shape index (κ2) is 6.13. The molecule has 1 aromatic heterocycles. The van der Waals surface area contributed by atoms with E-state index in [1.807, 2.05) is 0 Å². The van der Waals surface area contributed by atoms with Crippen molar-refractivity contribution in [3.63, 3.8) is 0 Å². The minimum absolute atomic E-state index is 0.155. The molecule has 0 spiro atoms. The van der Waals surface area contributed by atoms with Crippen molar-refractivity contribution in [3.05, 3.63) is 11.7 Å². The monoisotopic (exact) mass is 255 g/mol. The third-order valence-corrected chi connectivity index (χ3v) is 2.37. The van der Waals surface area contributed by atoms with Gasteiger partial charge in [0.1, 0.15) is 6.54 Å². The quantitative estimate of drug-likeness (QED) is 0.800. The van der Waals surface area contributed by atoms with Crippen LogP contribution in [0.1, 0.15) is 32.0 Å². The molecular weight excluding hydrogens is 238 g/mol. The largest absolute Gasteiger partial charge is 0.480 e. The van der Waals surface area contributed by atoms with Crippen LogP contribution in [-0.4, -0.2) is 44.6 Å². The molecule has 18 heavy (non-hydrogen) atoms. The van der Waals surface area contributed by atoms with Gasteiger partial charge in [-0.15, -0.1) is 0 Å². The molecular formula is C11H17N3O4. The van der Waals surface area contributed by atoms with Gasteiger partial charge in [0.2, 0.25) is 11.8 Å². The van der Waals surface area contributed by atoms with Crippen molar-refractivity contribution in [2.45, 2.75) is 39.7 Å². The third kappa shape index (κ3) is 4.15. The molecule has 1 N–H and O–H groups in total. The molecule has 0 aliphatic carbocycles. The van der Waals surface area contributed by atoms with E-state index in [0.29, 0.717) is 18.1 Å². The molecule has 0 radical (unpaired) electrons. The van der Waals surface area contributed by atoms with Crippen LogP contribution in [0.25, 0.3) is 0 Å². The van der Waals surface area contributed by atoms with E-state index in [1.165, 1.54) is 4.90 Å². The van der Waals surface area contributed by atoms with Crippen molar-refractivity contribution in [2.75, 3.05) is 6.54 Å². The number of carbonyl (C=O) groups is 2. The maximum atomic E-state index is 11.9. The Morgan fingerprint density at radius 1 is 1.44 bits per heavy atom. The minimum Gasteiger partial charge on any atom is -0.480 e. The van der Waals surface area contributed by atoms with E-state index < -0.39 is 5.97 Å². The van der Waals surface area contributed by atoms with E-state index in [2.05, 4.69) is 10.1 Å². The Labute approximate surface area is 105 Å². The summed E-state index contributed by atoms with van der Waals surface area (Å²) in [5.74, 6) is -0.350. The summed E-state index contributed by atoms with van der Waals surface area (Å²) in [6.07, 6.45) is 0.482. The van der Waals surface area contributed by atoms with Crippen LogP contribution in [0.5, 0.6) is 0 Å². The molecule has 1 rings (SSSR count). The zero-order chi connectivity index (χ0) is 13.7. The summed E-state index contributed by atoms with van der Waals surface area (Å²) >= 11 is 0. The summed E-state index contributed by atoms with van der Waals surface area (Å²) in [7, 11) is 0. The maximum Gasteiger partial charge on any atom is 0.323 e. The Morgan fingerprint density at radius 3 is 2.56 bits per heavy atom. The average molecular weight is 255 g/mol. The Hall–Kier alpha value is -1.92. The maximum absolute atomic E-state index is 11.9. The number of aromatic nitrogens is 2. The number of rotatable bonds is 6. The first-order chi connectivity index (χ1) is 8.40. The van der Waals surface area contributed by atoms with E-state index in [9.17, 15) is 9.59 Å². The molecule has 0 aliphatic heterocycles. The molecule has 0 unspecified atom stereocenters. The topological polar surface area (TPSA) is 96.5 Å². The Balaban J connectivity index is 2.53. The second-order valence-electron chi connectivity index (χ2n) is 4.24. The van der Waals surface area contributed by atoms with Crippen LogP contribution in [-0.2, 0) is 16.0 Å². The highest BCUT2D eigenvalue weighted by Crippen LogP contribution is 2.06. The average Bonchev–Trinajstić information content (AvgIpc) is 2.68. The lowest BCUT2D eigenvalue weighted by atomic mass is 10.2. The summed E-state index contributed by atoms with van der Waals surface area (Å²) in [4.78, 5) is 27.8. The predicted molar refractivity (Wildman–Crippen MR) is 61.8 cm³/mol. The van der Waals surface area contributed by atoms with Crippen LogP contribution in [0.4, 0.5) is 0 Å². The van der Waals surface area contributed by atoms with Gasteiger partial charge in [-0.1, -0.05) is 5.16 Å². The van der Waals surface area contributed by atoms with Crippen LogP contribution in [0.2, 0.25) is 0 Å². The lowest BCUT2D eigenvalue weighted by Gasteiger charge is -2.24. The molecule has 1 aromatic rings. The Kier molecular flexibility index (Phi) is 4.82. The van der Waals surface area contributed by atoms with E-state index in [4.69, 9.17) is 9.63 Å². The third-order valence-electron chi connectivity index (χ3n) is 2.37. The molecule has 1 amide bonds. The number of nitrogens with zero attached hydrogens (tertiary/aromatic N) is 3. The fourth-order valence-electron chi connectivity index (χ4n) is 1.50. The van der Waals surface area contributed by atoms with E-state index in [0.717, 1.165) is 0 Å². The molecule has 0 atom stereocenters. The fourth-order valence-corrected chi connectivity index (χ4v) is 1.50. The van der Waals surface area contributed by atoms with Crippen LogP contribution >= 0.6 is 0 Å². The molecule has 0 saturated heterocycles. The van der Waals surface area contributed by atoms with Crippen LogP contribution in [0, 0.1) is 6.92 Å². The number of carboxylic acids is 1. The van der Waals surface area contributed by atoms with E-state index in [1.54, 1.807) is 20.8 Å². The van der Waals surface area contributed by atoms with Crippen LogP contribution < -0.4 is 0 Å². The van der Waals surface area contributed by atoms with Gasteiger partial charge < -0.3 is 14.5 Å². The summed E-state index contributed by atoms with van der Waals surface area (Å²) in [6.45, 7) is 4.95. The van der Waals surface area contributed by atoms with Crippen molar-refractivity contribution in [3.8, 4) is 0 Å². The number of hydrogen-bond acceptors (Lipinski definition) is 5. The summed E-state index contributed by atoms with van der Waals surface area (Å²) in [5.41, 5.74) is 0. The first kappa shape index (κ1) is 14.1. The summed E-state index contributed by atoms with van der Waals surface area (Å²) in [5, 5.41) is 12.4. The van der Waals surface area contributed by atoms with Gasteiger partial charge in [0.05, 0.1) is 0 Å². The highest BCUT2D eigenvalue weighted by atomic mass is 16.5. The second-order valence-corrected chi connectivity index (χ2v) is 4.24. The van der Waals surface area contributed by atoms with Crippen molar-refractivity contribution in [2.24, 2.45) is 0 Å². The number of hydrogen-bond donors (Lipinski definition) is 1. The highest BCUT2D eigenvalue weighted by Gasteiger charge is 2.20. The van der Waals surface area contributed by atoms with Gasteiger partial charge in [0.15, 0.2) is 5.82 Å². The Bertz CT molecular complexity index is 428. The van der Waals surface area contributed by atoms with E-state index in [-0.39, 0.29) is 24.9 Å². The highest BCUT2D eigenvalue weighted by molar-refractivity contribution is 5.81. The number of aryl methyl sites for hydroxylation is 2.